The molecule has 1 aliphatic carbocycles. The zero-order valence-corrected chi connectivity index (χ0v) is 12.9. The molecule has 1 aromatic rings. The molecule has 0 atom stereocenters. The van der Waals surface area contributed by atoms with Gasteiger partial charge in [0.25, 0.3) is 0 Å². The van der Waals surface area contributed by atoms with E-state index in [1.54, 1.807) is 20.8 Å². The number of nitrogens with one attached hydrogen (secondary N) is 1. The second kappa shape index (κ2) is 5.66. The van der Waals surface area contributed by atoms with Crippen molar-refractivity contribution in [3.8, 4) is 5.75 Å². The van der Waals surface area contributed by atoms with Crippen molar-refractivity contribution in [2.75, 3.05) is 12.4 Å². The highest BCUT2D eigenvalue weighted by Crippen LogP contribution is 2.49. The molecule has 22 heavy (non-hydrogen) atoms. The molecule has 8 heteroatoms. The second-order valence-electron chi connectivity index (χ2n) is 6.27. The highest BCUT2D eigenvalue weighted by molar-refractivity contribution is 5.83. The monoisotopic (exact) mass is 315 g/mol. The Balaban J connectivity index is 2.08. The number of nitrogens with zero attached hydrogens (tertiary/aromatic N) is 2. The first-order valence-electron chi connectivity index (χ1n) is 6.89. The number of rotatable bonds is 3. The summed E-state index contributed by atoms with van der Waals surface area (Å²) in [7, 11) is 1.41. The maximum atomic E-state index is 13.0. The molecule has 0 spiro atoms. The first-order chi connectivity index (χ1) is 10.1. The Morgan fingerprint density at radius 2 is 2.00 bits per heavy atom. The number of carbonyl (C=O) groups excluding carboxylic acids is 1. The Morgan fingerprint density at radius 1 is 1.36 bits per heavy atom. The molecule has 122 valence electrons. The van der Waals surface area contributed by atoms with Crippen LogP contribution in [0.25, 0.3) is 0 Å². The van der Waals surface area contributed by atoms with Gasteiger partial charge in [0.1, 0.15) is 17.0 Å². The quantitative estimate of drug-likeness (QED) is 0.926. The third kappa shape index (κ3) is 4.02. The third-order valence-corrected chi connectivity index (χ3v) is 3.11. The summed E-state index contributed by atoms with van der Waals surface area (Å²) in [5.41, 5.74) is -0.262. The van der Waals surface area contributed by atoms with Crippen molar-refractivity contribution in [2.24, 2.45) is 0 Å². The predicted octanol–water partition coefficient (Wildman–Crippen LogP) is 3.34. The fourth-order valence-electron chi connectivity index (χ4n) is 2.15. The van der Waals surface area contributed by atoms with E-state index in [1.807, 2.05) is 0 Å². The molecule has 6 nitrogen and oxygen atoms in total. The Labute approximate surface area is 127 Å². The maximum Gasteiger partial charge on any atom is 0.413 e. The minimum absolute atomic E-state index is 0.140. The predicted molar refractivity (Wildman–Crippen MR) is 75.4 cm³/mol. The van der Waals surface area contributed by atoms with Crippen molar-refractivity contribution in [3.63, 3.8) is 0 Å². The Hall–Kier alpha value is -1.99. The van der Waals surface area contributed by atoms with Gasteiger partial charge in [-0.1, -0.05) is 0 Å². The summed E-state index contributed by atoms with van der Waals surface area (Å²) in [5.74, 6) is -2.57. The third-order valence-electron chi connectivity index (χ3n) is 3.11. The van der Waals surface area contributed by atoms with Crippen LogP contribution in [0.5, 0.6) is 5.75 Å². The van der Waals surface area contributed by atoms with Crippen LogP contribution < -0.4 is 10.1 Å². The molecule has 1 saturated carbocycles. The molecular formula is C14H19F2N3O3. The molecule has 0 unspecified atom stereocenters. The molecule has 2 rings (SSSR count). The van der Waals surface area contributed by atoms with E-state index in [2.05, 4.69) is 15.5 Å². The smallest absolute Gasteiger partial charge is 0.413 e. The summed E-state index contributed by atoms with van der Waals surface area (Å²) >= 11 is 0. The van der Waals surface area contributed by atoms with E-state index in [4.69, 9.17) is 9.47 Å². The van der Waals surface area contributed by atoms with Crippen molar-refractivity contribution in [1.29, 1.82) is 0 Å². The van der Waals surface area contributed by atoms with Gasteiger partial charge in [-0.05, 0) is 20.8 Å². The van der Waals surface area contributed by atoms with Gasteiger partial charge in [0.05, 0.1) is 7.11 Å². The number of carbonyl (C=O) groups is 1. The van der Waals surface area contributed by atoms with Gasteiger partial charge < -0.3 is 9.47 Å². The van der Waals surface area contributed by atoms with E-state index >= 15 is 0 Å². The molecule has 0 aliphatic heterocycles. The lowest BCUT2D eigenvalue weighted by atomic mass is 9.79. The van der Waals surface area contributed by atoms with E-state index < -0.39 is 17.6 Å². The minimum Gasteiger partial charge on any atom is -0.495 e. The first-order valence-corrected chi connectivity index (χ1v) is 6.89. The highest BCUT2D eigenvalue weighted by atomic mass is 19.3. The topological polar surface area (TPSA) is 73.3 Å². The fraction of sp³-hybridized carbons (Fsp3) is 0.643. The summed E-state index contributed by atoms with van der Waals surface area (Å²) in [6.45, 7) is 5.20. The number of methoxy groups -OCH3 is 1. The molecule has 1 aliphatic rings. The molecular weight excluding hydrogens is 296 g/mol. The number of anilines is 1. The van der Waals surface area contributed by atoms with Crippen LogP contribution in [0.15, 0.2) is 6.07 Å². The summed E-state index contributed by atoms with van der Waals surface area (Å²) in [4.78, 5) is 11.7. The molecule has 0 aromatic carbocycles. The summed E-state index contributed by atoms with van der Waals surface area (Å²) in [5, 5.41) is 10.2. The van der Waals surface area contributed by atoms with Gasteiger partial charge in [-0.15, -0.1) is 10.2 Å². The van der Waals surface area contributed by atoms with Gasteiger partial charge in [0.2, 0.25) is 5.92 Å². The summed E-state index contributed by atoms with van der Waals surface area (Å²) < 4.78 is 36.2. The lowest BCUT2D eigenvalue weighted by Gasteiger charge is -2.34. The van der Waals surface area contributed by atoms with Crippen LogP contribution in [0.1, 0.15) is 45.2 Å². The number of hydrogen-bond acceptors (Lipinski definition) is 5. The normalized spacial score (nSPS) is 17.5. The number of amides is 1. The van der Waals surface area contributed by atoms with Gasteiger partial charge in [0.15, 0.2) is 5.82 Å². The van der Waals surface area contributed by atoms with Crippen LogP contribution in [0, 0.1) is 0 Å². The number of ether oxygens (including phenoxy) is 2. The van der Waals surface area contributed by atoms with Gasteiger partial charge in [-0.3, -0.25) is 5.32 Å². The van der Waals surface area contributed by atoms with Gasteiger partial charge in [0, 0.05) is 24.8 Å². The van der Waals surface area contributed by atoms with E-state index in [9.17, 15) is 13.6 Å². The molecule has 1 heterocycles. The van der Waals surface area contributed by atoms with Crippen molar-refractivity contribution in [1.82, 2.24) is 10.2 Å². The SMILES string of the molecule is COc1cc(NC(=O)OC(C)(C)C)nnc1C1CC(F)(F)C1. The molecule has 0 radical (unpaired) electrons. The summed E-state index contributed by atoms with van der Waals surface area (Å²) in [6.07, 6.45) is -1.21. The Morgan fingerprint density at radius 3 is 2.50 bits per heavy atom. The van der Waals surface area contributed by atoms with Crippen molar-refractivity contribution in [3.05, 3.63) is 11.8 Å². The van der Waals surface area contributed by atoms with Crippen molar-refractivity contribution in [2.45, 2.75) is 51.1 Å². The maximum absolute atomic E-state index is 13.0. The van der Waals surface area contributed by atoms with Crippen LogP contribution in [-0.2, 0) is 4.74 Å². The highest BCUT2D eigenvalue weighted by Gasteiger charge is 2.47. The second-order valence-corrected chi connectivity index (χ2v) is 6.27. The van der Waals surface area contributed by atoms with E-state index in [1.165, 1.54) is 13.2 Å². The Kier molecular flexibility index (Phi) is 4.21. The lowest BCUT2D eigenvalue weighted by Crippen LogP contribution is -2.34. The molecule has 1 amide bonds. The molecule has 1 aromatic heterocycles. The molecule has 1 N–H and O–H groups in total. The largest absolute Gasteiger partial charge is 0.495 e. The van der Waals surface area contributed by atoms with Crippen LogP contribution in [0.2, 0.25) is 0 Å². The number of halogens is 2. The zero-order valence-electron chi connectivity index (χ0n) is 12.9. The van der Waals surface area contributed by atoms with Gasteiger partial charge in [-0.2, -0.15) is 0 Å². The number of aromatic nitrogens is 2. The fourth-order valence-corrected chi connectivity index (χ4v) is 2.15. The van der Waals surface area contributed by atoms with Crippen molar-refractivity contribution >= 4 is 11.9 Å². The zero-order chi connectivity index (χ0) is 16.5. The molecule has 0 bridgehead atoms. The standard InChI is InChI=1S/C14H19F2N3O3/c1-13(2,3)22-12(20)17-10-5-9(21-4)11(19-18-10)8-6-14(15,16)7-8/h5,8H,6-7H2,1-4H3,(H,17,18,20). The molecule has 0 saturated heterocycles. The summed E-state index contributed by atoms with van der Waals surface area (Å²) in [6, 6.07) is 1.45. The van der Waals surface area contributed by atoms with Gasteiger partial charge >= 0.3 is 6.09 Å². The average molecular weight is 315 g/mol. The van der Waals surface area contributed by atoms with Crippen LogP contribution >= 0.6 is 0 Å². The van der Waals surface area contributed by atoms with E-state index in [0.29, 0.717) is 11.4 Å². The average Bonchev–Trinajstić information content (AvgIpc) is 2.33. The van der Waals surface area contributed by atoms with E-state index in [-0.39, 0.29) is 24.6 Å². The van der Waals surface area contributed by atoms with Crippen molar-refractivity contribution < 1.29 is 23.0 Å². The van der Waals surface area contributed by atoms with E-state index in [0.717, 1.165) is 0 Å². The van der Waals surface area contributed by atoms with Crippen LogP contribution in [-0.4, -0.2) is 34.9 Å². The lowest BCUT2D eigenvalue weighted by molar-refractivity contribution is -0.0880. The Bertz CT molecular complexity index is 565. The number of hydrogen-bond donors (Lipinski definition) is 1. The first kappa shape index (κ1) is 16.4. The molecule has 1 fully saturated rings. The van der Waals surface area contributed by atoms with Crippen LogP contribution in [0.3, 0.4) is 0 Å². The van der Waals surface area contributed by atoms with Gasteiger partial charge in [-0.25, -0.2) is 13.6 Å². The van der Waals surface area contributed by atoms with Crippen LogP contribution in [0.4, 0.5) is 19.4 Å². The number of alkyl halides is 2. The minimum atomic E-state index is -2.65.